The number of benzene rings is 1. The molecular formula is C18H22N4O3. The first-order chi connectivity index (χ1) is 12.0. The molecule has 0 bridgehead atoms. The van der Waals surface area contributed by atoms with Crippen LogP contribution in [0.3, 0.4) is 0 Å². The van der Waals surface area contributed by atoms with E-state index in [1.165, 1.54) is 6.92 Å². The summed E-state index contributed by atoms with van der Waals surface area (Å²) in [4.78, 5) is 30.5. The van der Waals surface area contributed by atoms with Crippen LogP contribution in [0.2, 0.25) is 0 Å². The average molecular weight is 342 g/mol. The fourth-order valence-corrected chi connectivity index (χ4v) is 3.26. The molecule has 0 spiro atoms. The number of carbonyl (C=O) groups is 2. The van der Waals surface area contributed by atoms with Gasteiger partial charge in [0.15, 0.2) is 5.82 Å². The molecule has 7 heteroatoms. The van der Waals surface area contributed by atoms with E-state index in [1.54, 1.807) is 11.8 Å². The molecule has 1 aromatic carbocycles. The van der Waals surface area contributed by atoms with Gasteiger partial charge < -0.3 is 14.7 Å². The normalized spacial score (nSPS) is 18.2. The van der Waals surface area contributed by atoms with Gasteiger partial charge in [0, 0.05) is 20.4 Å². The average Bonchev–Trinajstić information content (AvgIpc) is 3.23. The number of aromatic nitrogens is 2. The van der Waals surface area contributed by atoms with Crippen LogP contribution in [0.1, 0.15) is 55.5 Å². The summed E-state index contributed by atoms with van der Waals surface area (Å²) in [5.41, 5.74) is 0.914. The van der Waals surface area contributed by atoms with Crippen LogP contribution in [0.15, 0.2) is 34.9 Å². The van der Waals surface area contributed by atoms with Crippen LogP contribution in [0.25, 0.3) is 0 Å². The van der Waals surface area contributed by atoms with Crippen molar-refractivity contribution < 1.29 is 14.1 Å². The molecule has 0 aliphatic carbocycles. The first-order valence-corrected chi connectivity index (χ1v) is 8.46. The topological polar surface area (TPSA) is 88.3 Å². The molecule has 2 aromatic rings. The van der Waals surface area contributed by atoms with Gasteiger partial charge in [-0.25, -0.2) is 0 Å². The summed E-state index contributed by atoms with van der Waals surface area (Å²) >= 11 is 0. The molecule has 1 N–H and O–H groups in total. The van der Waals surface area contributed by atoms with Gasteiger partial charge in [0.1, 0.15) is 0 Å². The second-order valence-corrected chi connectivity index (χ2v) is 6.28. The van der Waals surface area contributed by atoms with Gasteiger partial charge in [0.2, 0.25) is 17.7 Å². The second-order valence-electron chi connectivity index (χ2n) is 6.28. The summed E-state index contributed by atoms with van der Waals surface area (Å²) in [6.07, 6.45) is 1.93. The Morgan fingerprint density at radius 3 is 2.76 bits per heavy atom. The molecule has 2 amide bonds. The van der Waals surface area contributed by atoms with Crippen LogP contribution in [0.5, 0.6) is 0 Å². The van der Waals surface area contributed by atoms with Gasteiger partial charge in [-0.3, -0.25) is 9.59 Å². The molecular weight excluding hydrogens is 320 g/mol. The van der Waals surface area contributed by atoms with E-state index in [2.05, 4.69) is 15.5 Å². The number of hydrogen-bond acceptors (Lipinski definition) is 5. The minimum absolute atomic E-state index is 0.0208. The van der Waals surface area contributed by atoms with Crippen molar-refractivity contribution in [1.29, 1.82) is 0 Å². The van der Waals surface area contributed by atoms with E-state index in [1.807, 2.05) is 30.3 Å². The number of hydrogen-bond donors (Lipinski definition) is 1. The first kappa shape index (κ1) is 17.1. The molecule has 1 aliphatic heterocycles. The second kappa shape index (κ2) is 7.46. The van der Waals surface area contributed by atoms with Crippen LogP contribution in [0, 0.1) is 6.92 Å². The highest BCUT2D eigenvalue weighted by Crippen LogP contribution is 2.32. The highest BCUT2D eigenvalue weighted by molar-refractivity contribution is 5.79. The summed E-state index contributed by atoms with van der Waals surface area (Å²) < 4.78 is 5.05. The lowest BCUT2D eigenvalue weighted by atomic mass is 10.0. The minimum Gasteiger partial charge on any atom is -0.349 e. The molecule has 25 heavy (non-hydrogen) atoms. The Morgan fingerprint density at radius 2 is 2.12 bits per heavy atom. The maximum Gasteiger partial charge on any atom is 0.225 e. The van der Waals surface area contributed by atoms with Crippen molar-refractivity contribution in [1.82, 2.24) is 20.4 Å². The van der Waals surface area contributed by atoms with Crippen molar-refractivity contribution in [2.24, 2.45) is 0 Å². The van der Waals surface area contributed by atoms with Gasteiger partial charge in [-0.2, -0.15) is 4.98 Å². The molecule has 0 radical (unpaired) electrons. The maximum absolute atomic E-state index is 12.9. The van der Waals surface area contributed by atoms with Crippen molar-refractivity contribution >= 4 is 11.8 Å². The fourth-order valence-electron chi connectivity index (χ4n) is 3.26. The number of nitrogens with zero attached hydrogens (tertiary/aromatic N) is 3. The standard InChI is InChI=1S/C18H22N4O3/c1-12(23)19-15(14-7-4-3-5-8-14)11-17(24)22-10-6-9-16(22)18-20-13(2)25-21-18/h3-5,7-8,15-16H,6,9-11H2,1-2H3,(H,19,23). The zero-order valence-electron chi connectivity index (χ0n) is 14.4. The third kappa shape index (κ3) is 4.04. The van der Waals surface area contributed by atoms with Crippen molar-refractivity contribution in [3.8, 4) is 0 Å². The molecule has 0 saturated carbocycles. The largest absolute Gasteiger partial charge is 0.349 e. The summed E-state index contributed by atoms with van der Waals surface area (Å²) in [6, 6.07) is 9.03. The lowest BCUT2D eigenvalue weighted by Gasteiger charge is -2.25. The van der Waals surface area contributed by atoms with E-state index >= 15 is 0 Å². The first-order valence-electron chi connectivity index (χ1n) is 8.46. The number of aryl methyl sites for hydroxylation is 1. The van der Waals surface area contributed by atoms with Crippen LogP contribution in [-0.2, 0) is 9.59 Å². The molecule has 1 aromatic heterocycles. The lowest BCUT2D eigenvalue weighted by Crippen LogP contribution is -2.36. The van der Waals surface area contributed by atoms with Gasteiger partial charge in [0.05, 0.1) is 18.5 Å². The van der Waals surface area contributed by atoms with Crippen molar-refractivity contribution in [3.63, 3.8) is 0 Å². The van der Waals surface area contributed by atoms with Gasteiger partial charge in [-0.1, -0.05) is 35.5 Å². The third-order valence-electron chi connectivity index (χ3n) is 4.37. The summed E-state index contributed by atoms with van der Waals surface area (Å²) in [5.74, 6) is 0.870. The third-order valence-corrected chi connectivity index (χ3v) is 4.37. The van der Waals surface area contributed by atoms with Gasteiger partial charge in [-0.15, -0.1) is 0 Å². The van der Waals surface area contributed by atoms with Crippen molar-refractivity contribution in [2.75, 3.05) is 6.54 Å². The Morgan fingerprint density at radius 1 is 1.36 bits per heavy atom. The van der Waals surface area contributed by atoms with E-state index in [9.17, 15) is 9.59 Å². The molecule has 3 rings (SSSR count). The van der Waals surface area contributed by atoms with Crippen LogP contribution >= 0.6 is 0 Å². The highest BCUT2D eigenvalue weighted by atomic mass is 16.5. The molecule has 7 nitrogen and oxygen atoms in total. The molecule has 2 atom stereocenters. The zero-order chi connectivity index (χ0) is 17.8. The van der Waals surface area contributed by atoms with Crippen LogP contribution < -0.4 is 5.32 Å². The molecule has 1 saturated heterocycles. The highest BCUT2D eigenvalue weighted by Gasteiger charge is 2.34. The van der Waals surface area contributed by atoms with Crippen LogP contribution in [-0.4, -0.2) is 33.4 Å². The summed E-state index contributed by atoms with van der Waals surface area (Å²) in [5, 5.41) is 6.84. The van der Waals surface area contributed by atoms with E-state index < -0.39 is 0 Å². The lowest BCUT2D eigenvalue weighted by molar-refractivity contribution is -0.133. The fraction of sp³-hybridized carbons (Fsp3) is 0.444. The quantitative estimate of drug-likeness (QED) is 0.901. The Bertz CT molecular complexity index is 744. The molecule has 2 unspecified atom stereocenters. The number of rotatable bonds is 5. The maximum atomic E-state index is 12.9. The minimum atomic E-state index is -0.348. The zero-order valence-corrected chi connectivity index (χ0v) is 14.4. The van der Waals surface area contributed by atoms with Crippen molar-refractivity contribution in [2.45, 2.75) is 45.2 Å². The van der Waals surface area contributed by atoms with E-state index in [-0.39, 0.29) is 30.3 Å². The van der Waals surface area contributed by atoms with E-state index in [0.717, 1.165) is 18.4 Å². The van der Waals surface area contributed by atoms with Crippen molar-refractivity contribution in [3.05, 3.63) is 47.6 Å². The number of carbonyl (C=O) groups excluding carboxylic acids is 2. The number of likely N-dealkylation sites (tertiary alicyclic amines) is 1. The summed E-state index contributed by atoms with van der Waals surface area (Å²) in [6.45, 7) is 3.86. The predicted molar refractivity (Wildman–Crippen MR) is 90.3 cm³/mol. The molecule has 2 heterocycles. The monoisotopic (exact) mass is 342 g/mol. The van der Waals surface area contributed by atoms with Crippen LogP contribution in [0.4, 0.5) is 0 Å². The van der Waals surface area contributed by atoms with E-state index in [4.69, 9.17) is 4.52 Å². The Kier molecular flexibility index (Phi) is 5.11. The predicted octanol–water partition coefficient (Wildman–Crippen LogP) is 2.31. The van der Waals surface area contributed by atoms with E-state index in [0.29, 0.717) is 18.3 Å². The smallest absolute Gasteiger partial charge is 0.225 e. The number of amides is 2. The van der Waals surface area contributed by atoms with Gasteiger partial charge >= 0.3 is 0 Å². The number of nitrogens with one attached hydrogen (secondary N) is 1. The molecule has 1 fully saturated rings. The molecule has 132 valence electrons. The van der Waals surface area contributed by atoms with Gasteiger partial charge in [0.25, 0.3) is 0 Å². The SMILES string of the molecule is CC(=O)NC(CC(=O)N1CCCC1c1noc(C)n1)c1ccccc1. The van der Waals surface area contributed by atoms with Gasteiger partial charge in [-0.05, 0) is 18.4 Å². The Balaban J connectivity index is 1.75. The Hall–Kier alpha value is -2.70. The molecule has 1 aliphatic rings. The summed E-state index contributed by atoms with van der Waals surface area (Å²) in [7, 11) is 0. The Labute approximate surface area is 146 Å².